The standard InChI is InChI=1S/C16H22N2O2/c1-3-9-20-13-7-8-15-14(10-13)12(11-18-15)5-4-6-16(19)17-2/h7-8,10-11,18H,3-6,9H2,1-2H3,(H,17,19). The van der Waals surface area contributed by atoms with E-state index in [1.807, 2.05) is 18.3 Å². The molecular formula is C16H22N2O2. The van der Waals surface area contributed by atoms with E-state index in [1.165, 1.54) is 10.9 Å². The normalized spacial score (nSPS) is 10.7. The Labute approximate surface area is 119 Å². The third-order valence-electron chi connectivity index (χ3n) is 3.34. The number of hydrogen-bond donors (Lipinski definition) is 2. The van der Waals surface area contributed by atoms with E-state index in [2.05, 4.69) is 23.3 Å². The molecule has 0 aliphatic rings. The van der Waals surface area contributed by atoms with Crippen molar-refractivity contribution in [1.29, 1.82) is 0 Å². The Morgan fingerprint density at radius 1 is 1.40 bits per heavy atom. The van der Waals surface area contributed by atoms with Gasteiger partial charge in [0.15, 0.2) is 0 Å². The number of benzene rings is 1. The Kier molecular flexibility index (Phi) is 5.04. The first kappa shape index (κ1) is 14.4. The quantitative estimate of drug-likeness (QED) is 0.815. The molecule has 4 nitrogen and oxygen atoms in total. The molecule has 1 aromatic carbocycles. The molecule has 0 fully saturated rings. The zero-order valence-electron chi connectivity index (χ0n) is 12.2. The monoisotopic (exact) mass is 274 g/mol. The Balaban J connectivity index is 2.06. The van der Waals surface area contributed by atoms with Gasteiger partial charge in [0.05, 0.1) is 6.61 Å². The highest BCUT2D eigenvalue weighted by Gasteiger charge is 2.06. The van der Waals surface area contributed by atoms with Gasteiger partial charge in [0.2, 0.25) is 5.91 Å². The largest absolute Gasteiger partial charge is 0.494 e. The fourth-order valence-corrected chi connectivity index (χ4v) is 2.24. The summed E-state index contributed by atoms with van der Waals surface area (Å²) in [5.74, 6) is 1.00. The lowest BCUT2D eigenvalue weighted by molar-refractivity contribution is -0.120. The number of aryl methyl sites for hydroxylation is 1. The first-order chi connectivity index (χ1) is 9.74. The van der Waals surface area contributed by atoms with E-state index in [0.717, 1.165) is 37.1 Å². The highest BCUT2D eigenvalue weighted by Crippen LogP contribution is 2.25. The van der Waals surface area contributed by atoms with Gasteiger partial charge in [0, 0.05) is 30.6 Å². The molecule has 0 atom stereocenters. The SMILES string of the molecule is CCCOc1ccc2[nH]cc(CCCC(=O)NC)c2c1. The number of nitrogens with one attached hydrogen (secondary N) is 2. The second-order valence-electron chi connectivity index (χ2n) is 4.90. The average Bonchev–Trinajstić information content (AvgIpc) is 2.87. The van der Waals surface area contributed by atoms with Crippen LogP contribution < -0.4 is 10.1 Å². The molecular weight excluding hydrogens is 252 g/mol. The number of rotatable bonds is 7. The lowest BCUT2D eigenvalue weighted by Gasteiger charge is -2.05. The fraction of sp³-hybridized carbons (Fsp3) is 0.438. The number of fused-ring (bicyclic) bond motifs is 1. The number of H-pyrrole nitrogens is 1. The second kappa shape index (κ2) is 6.98. The van der Waals surface area contributed by atoms with Crippen molar-refractivity contribution in [3.05, 3.63) is 30.0 Å². The highest BCUT2D eigenvalue weighted by atomic mass is 16.5. The van der Waals surface area contributed by atoms with Crippen molar-refractivity contribution in [2.24, 2.45) is 0 Å². The summed E-state index contributed by atoms with van der Waals surface area (Å²) in [5.41, 5.74) is 2.36. The number of hydrogen-bond acceptors (Lipinski definition) is 2. The van der Waals surface area contributed by atoms with Gasteiger partial charge in [-0.3, -0.25) is 4.79 Å². The summed E-state index contributed by atoms with van der Waals surface area (Å²) in [6.07, 6.45) is 5.34. The Morgan fingerprint density at radius 3 is 3.00 bits per heavy atom. The lowest BCUT2D eigenvalue weighted by Crippen LogP contribution is -2.17. The Bertz CT molecular complexity index is 575. The second-order valence-corrected chi connectivity index (χ2v) is 4.90. The zero-order valence-corrected chi connectivity index (χ0v) is 12.2. The molecule has 0 saturated carbocycles. The summed E-state index contributed by atoms with van der Waals surface area (Å²) in [5, 5.41) is 3.84. The van der Waals surface area contributed by atoms with E-state index in [-0.39, 0.29) is 5.91 Å². The number of ether oxygens (including phenoxy) is 1. The van der Waals surface area contributed by atoms with Crippen LogP contribution in [-0.4, -0.2) is 24.5 Å². The minimum atomic E-state index is 0.0943. The van der Waals surface area contributed by atoms with Gasteiger partial charge in [-0.15, -0.1) is 0 Å². The molecule has 2 rings (SSSR count). The Morgan fingerprint density at radius 2 is 2.25 bits per heavy atom. The molecule has 0 spiro atoms. The third kappa shape index (κ3) is 3.53. The van der Waals surface area contributed by atoms with E-state index < -0.39 is 0 Å². The van der Waals surface area contributed by atoms with Crippen LogP contribution in [0.25, 0.3) is 10.9 Å². The van der Waals surface area contributed by atoms with E-state index in [4.69, 9.17) is 4.74 Å². The number of aromatic amines is 1. The van der Waals surface area contributed by atoms with Gasteiger partial charge in [-0.05, 0) is 43.0 Å². The lowest BCUT2D eigenvalue weighted by atomic mass is 10.1. The summed E-state index contributed by atoms with van der Waals surface area (Å²) in [7, 11) is 1.67. The molecule has 2 N–H and O–H groups in total. The van der Waals surface area contributed by atoms with Gasteiger partial charge >= 0.3 is 0 Å². The Hall–Kier alpha value is -1.97. The minimum Gasteiger partial charge on any atom is -0.494 e. The molecule has 0 aliphatic carbocycles. The van der Waals surface area contributed by atoms with Crippen molar-refractivity contribution in [1.82, 2.24) is 10.3 Å². The topological polar surface area (TPSA) is 54.1 Å². The molecule has 0 aliphatic heterocycles. The van der Waals surface area contributed by atoms with Crippen LogP contribution in [0.3, 0.4) is 0 Å². The van der Waals surface area contributed by atoms with Crippen LogP contribution in [0.15, 0.2) is 24.4 Å². The first-order valence-electron chi connectivity index (χ1n) is 7.18. The summed E-state index contributed by atoms with van der Waals surface area (Å²) < 4.78 is 5.67. The molecule has 4 heteroatoms. The molecule has 108 valence electrons. The summed E-state index contributed by atoms with van der Waals surface area (Å²) in [6.45, 7) is 2.83. The van der Waals surface area contributed by atoms with Crippen molar-refractivity contribution < 1.29 is 9.53 Å². The summed E-state index contributed by atoms with van der Waals surface area (Å²) >= 11 is 0. The van der Waals surface area contributed by atoms with E-state index in [0.29, 0.717) is 6.42 Å². The molecule has 2 aromatic rings. The number of carbonyl (C=O) groups excluding carboxylic acids is 1. The predicted molar refractivity (Wildman–Crippen MR) is 81.1 cm³/mol. The number of carbonyl (C=O) groups is 1. The average molecular weight is 274 g/mol. The molecule has 0 saturated heterocycles. The van der Waals surface area contributed by atoms with Crippen LogP contribution in [0.5, 0.6) is 5.75 Å². The van der Waals surface area contributed by atoms with Crippen molar-refractivity contribution in [2.45, 2.75) is 32.6 Å². The molecule has 1 amide bonds. The van der Waals surface area contributed by atoms with Crippen LogP contribution in [0, 0.1) is 0 Å². The molecule has 20 heavy (non-hydrogen) atoms. The van der Waals surface area contributed by atoms with Gasteiger partial charge in [0.1, 0.15) is 5.75 Å². The smallest absolute Gasteiger partial charge is 0.219 e. The maximum atomic E-state index is 11.2. The van der Waals surface area contributed by atoms with Gasteiger partial charge < -0.3 is 15.0 Å². The molecule has 0 unspecified atom stereocenters. The third-order valence-corrected chi connectivity index (χ3v) is 3.34. The molecule has 0 radical (unpaired) electrons. The highest BCUT2D eigenvalue weighted by molar-refractivity contribution is 5.84. The first-order valence-corrected chi connectivity index (χ1v) is 7.18. The maximum Gasteiger partial charge on any atom is 0.219 e. The number of amides is 1. The predicted octanol–water partition coefficient (Wildman–Crippen LogP) is 3.03. The van der Waals surface area contributed by atoms with Crippen LogP contribution in [0.4, 0.5) is 0 Å². The van der Waals surface area contributed by atoms with Gasteiger partial charge in [0.25, 0.3) is 0 Å². The van der Waals surface area contributed by atoms with Crippen molar-refractivity contribution in [3.63, 3.8) is 0 Å². The zero-order chi connectivity index (χ0) is 14.4. The minimum absolute atomic E-state index is 0.0943. The van der Waals surface area contributed by atoms with Crippen LogP contribution >= 0.6 is 0 Å². The van der Waals surface area contributed by atoms with Crippen LogP contribution in [-0.2, 0) is 11.2 Å². The fourth-order valence-electron chi connectivity index (χ4n) is 2.24. The molecule has 1 aromatic heterocycles. The van der Waals surface area contributed by atoms with Crippen molar-refractivity contribution >= 4 is 16.8 Å². The summed E-state index contributed by atoms with van der Waals surface area (Å²) in [6, 6.07) is 6.11. The van der Waals surface area contributed by atoms with Gasteiger partial charge in [-0.1, -0.05) is 6.92 Å². The van der Waals surface area contributed by atoms with E-state index in [1.54, 1.807) is 7.05 Å². The van der Waals surface area contributed by atoms with Crippen LogP contribution in [0.1, 0.15) is 31.7 Å². The summed E-state index contributed by atoms with van der Waals surface area (Å²) in [4.78, 5) is 14.5. The molecule has 1 heterocycles. The van der Waals surface area contributed by atoms with E-state index >= 15 is 0 Å². The van der Waals surface area contributed by atoms with E-state index in [9.17, 15) is 4.79 Å². The van der Waals surface area contributed by atoms with Crippen molar-refractivity contribution in [2.75, 3.05) is 13.7 Å². The number of aromatic nitrogens is 1. The van der Waals surface area contributed by atoms with Gasteiger partial charge in [-0.2, -0.15) is 0 Å². The maximum absolute atomic E-state index is 11.2. The van der Waals surface area contributed by atoms with Crippen molar-refractivity contribution in [3.8, 4) is 5.75 Å². The van der Waals surface area contributed by atoms with Gasteiger partial charge in [-0.25, -0.2) is 0 Å². The van der Waals surface area contributed by atoms with Crippen LogP contribution in [0.2, 0.25) is 0 Å². The molecule has 0 bridgehead atoms.